The Balaban J connectivity index is 0.000000559. The van der Waals surface area contributed by atoms with Gasteiger partial charge in [-0.05, 0) is 79.2 Å². The topological polar surface area (TPSA) is 96.7 Å². The number of carboxylic acids is 1. The van der Waals surface area contributed by atoms with Crippen LogP contribution in [0, 0.1) is 11.3 Å². The molecule has 1 amide bonds. The van der Waals surface area contributed by atoms with Crippen LogP contribution in [0.25, 0.3) is 0 Å². The van der Waals surface area contributed by atoms with Gasteiger partial charge in [0.1, 0.15) is 0 Å². The number of hydrogen-bond donors (Lipinski definition) is 2. The van der Waals surface area contributed by atoms with E-state index in [1.165, 1.54) is 11.1 Å². The number of amides is 1. The van der Waals surface area contributed by atoms with Gasteiger partial charge in [-0.25, -0.2) is 4.79 Å². The molecule has 0 atom stereocenters. The zero-order valence-corrected chi connectivity index (χ0v) is 22.3. The SMILES string of the molecule is N#Cc1cccc(CN2CCCN(Cc3ccc(C(=O)Nc4ccc(Cl)cc4)cc3)CC2)c1.O=C(O)C(F)(F)F. The summed E-state index contributed by atoms with van der Waals surface area (Å²) < 4.78 is 31.7. The van der Waals surface area contributed by atoms with Crippen LogP contribution in [-0.4, -0.2) is 59.1 Å². The van der Waals surface area contributed by atoms with Crippen molar-refractivity contribution in [1.82, 2.24) is 9.80 Å². The molecular formula is C29H28ClF3N4O3. The molecule has 0 bridgehead atoms. The third kappa shape index (κ3) is 10.0. The Bertz CT molecular complexity index is 1330. The van der Waals surface area contributed by atoms with Crippen molar-refractivity contribution in [2.24, 2.45) is 0 Å². The number of benzene rings is 3. The summed E-state index contributed by atoms with van der Waals surface area (Å²) in [5.74, 6) is -2.89. The van der Waals surface area contributed by atoms with Crippen LogP contribution in [0.3, 0.4) is 0 Å². The van der Waals surface area contributed by atoms with Gasteiger partial charge >= 0.3 is 12.1 Å². The minimum atomic E-state index is -5.08. The number of carbonyl (C=O) groups is 2. The second kappa shape index (κ2) is 14.5. The van der Waals surface area contributed by atoms with Crippen molar-refractivity contribution < 1.29 is 27.9 Å². The van der Waals surface area contributed by atoms with Crippen molar-refractivity contribution in [2.75, 3.05) is 31.5 Å². The van der Waals surface area contributed by atoms with Crippen molar-refractivity contribution in [3.8, 4) is 6.07 Å². The largest absolute Gasteiger partial charge is 0.490 e. The summed E-state index contributed by atoms with van der Waals surface area (Å²) >= 11 is 5.90. The lowest BCUT2D eigenvalue weighted by Gasteiger charge is -2.22. The molecule has 7 nitrogen and oxygen atoms in total. The highest BCUT2D eigenvalue weighted by atomic mass is 35.5. The summed E-state index contributed by atoms with van der Waals surface area (Å²) in [5.41, 5.74) is 4.47. The molecule has 210 valence electrons. The van der Waals surface area contributed by atoms with Crippen LogP contribution in [0.1, 0.15) is 33.5 Å². The maximum atomic E-state index is 12.5. The number of anilines is 1. The van der Waals surface area contributed by atoms with E-state index in [9.17, 15) is 18.0 Å². The first-order chi connectivity index (χ1) is 19.0. The van der Waals surface area contributed by atoms with E-state index in [1.807, 2.05) is 42.5 Å². The lowest BCUT2D eigenvalue weighted by atomic mass is 10.1. The van der Waals surface area contributed by atoms with E-state index in [0.717, 1.165) is 51.4 Å². The highest BCUT2D eigenvalue weighted by molar-refractivity contribution is 6.30. The summed E-state index contributed by atoms with van der Waals surface area (Å²) in [4.78, 5) is 26.3. The summed E-state index contributed by atoms with van der Waals surface area (Å²) in [6, 6.07) is 25.0. The van der Waals surface area contributed by atoms with Gasteiger partial charge in [0.05, 0.1) is 11.6 Å². The number of carbonyl (C=O) groups excluding carboxylic acids is 1. The maximum Gasteiger partial charge on any atom is 0.490 e. The Labute approximate surface area is 235 Å². The number of aliphatic carboxylic acids is 1. The second-order valence-electron chi connectivity index (χ2n) is 9.18. The number of nitrogens with zero attached hydrogens (tertiary/aromatic N) is 3. The van der Waals surface area contributed by atoms with E-state index in [0.29, 0.717) is 16.1 Å². The molecule has 1 fully saturated rings. The van der Waals surface area contributed by atoms with E-state index in [-0.39, 0.29) is 5.91 Å². The molecule has 1 aliphatic rings. The minimum Gasteiger partial charge on any atom is -0.475 e. The number of rotatable bonds is 6. The van der Waals surface area contributed by atoms with Gasteiger partial charge < -0.3 is 10.4 Å². The predicted octanol–water partition coefficient (Wildman–Crippen LogP) is 5.81. The van der Waals surface area contributed by atoms with Gasteiger partial charge in [0.25, 0.3) is 5.91 Å². The average Bonchev–Trinajstić information content (AvgIpc) is 3.15. The number of carboxylic acid groups (broad SMARTS) is 1. The molecule has 0 aromatic heterocycles. The summed E-state index contributed by atoms with van der Waals surface area (Å²) in [5, 5.41) is 19.8. The summed E-state index contributed by atoms with van der Waals surface area (Å²) in [6.07, 6.45) is -3.97. The van der Waals surface area contributed by atoms with E-state index in [2.05, 4.69) is 27.3 Å². The van der Waals surface area contributed by atoms with Crippen LogP contribution in [0.4, 0.5) is 18.9 Å². The van der Waals surface area contributed by atoms with Crippen molar-refractivity contribution >= 4 is 29.2 Å². The molecule has 3 aromatic carbocycles. The third-order valence-electron chi connectivity index (χ3n) is 6.11. The molecule has 0 saturated carbocycles. The van der Waals surface area contributed by atoms with Crippen molar-refractivity contribution in [3.63, 3.8) is 0 Å². The molecule has 0 spiro atoms. The van der Waals surface area contributed by atoms with Gasteiger partial charge in [-0.1, -0.05) is 35.9 Å². The van der Waals surface area contributed by atoms with Crippen LogP contribution in [0.15, 0.2) is 72.8 Å². The molecule has 0 radical (unpaired) electrons. The van der Waals surface area contributed by atoms with Gasteiger partial charge in [0.15, 0.2) is 0 Å². The normalized spacial score (nSPS) is 14.3. The van der Waals surface area contributed by atoms with Crippen LogP contribution >= 0.6 is 11.6 Å². The van der Waals surface area contributed by atoms with Crippen LogP contribution in [0.5, 0.6) is 0 Å². The number of alkyl halides is 3. The predicted molar refractivity (Wildman–Crippen MR) is 146 cm³/mol. The number of hydrogen-bond acceptors (Lipinski definition) is 5. The Morgan fingerprint density at radius 3 is 2.02 bits per heavy atom. The first-order valence-electron chi connectivity index (χ1n) is 12.4. The Morgan fingerprint density at radius 2 is 1.48 bits per heavy atom. The van der Waals surface area contributed by atoms with Crippen LogP contribution in [0.2, 0.25) is 5.02 Å². The first kappa shape index (κ1) is 30.6. The Kier molecular flexibility index (Phi) is 11.1. The zero-order chi connectivity index (χ0) is 29.1. The van der Waals surface area contributed by atoms with Gasteiger partial charge in [-0.15, -0.1) is 0 Å². The minimum absolute atomic E-state index is 0.130. The molecule has 40 heavy (non-hydrogen) atoms. The molecule has 1 saturated heterocycles. The standard InChI is InChI=1S/C27H27ClN4O.C2HF3O2/c28-25-9-11-26(12-10-25)30-27(33)24-7-5-21(6-8-24)19-31-13-2-14-32(16-15-31)20-23-4-1-3-22(17-23)18-29;3-2(4,5)1(6)7/h1,3-12,17H,2,13-16,19-20H2,(H,30,33);(H,6,7). The molecule has 1 heterocycles. The smallest absolute Gasteiger partial charge is 0.475 e. The fraction of sp³-hybridized carbons (Fsp3) is 0.276. The quantitative estimate of drug-likeness (QED) is 0.387. The summed E-state index contributed by atoms with van der Waals surface area (Å²) in [6.45, 7) is 5.84. The van der Waals surface area contributed by atoms with E-state index >= 15 is 0 Å². The average molecular weight is 573 g/mol. The third-order valence-corrected chi connectivity index (χ3v) is 6.36. The van der Waals surface area contributed by atoms with E-state index < -0.39 is 12.1 Å². The highest BCUT2D eigenvalue weighted by Crippen LogP contribution is 2.17. The van der Waals surface area contributed by atoms with E-state index in [4.69, 9.17) is 26.8 Å². The molecule has 1 aliphatic heterocycles. The van der Waals surface area contributed by atoms with Crippen LogP contribution < -0.4 is 5.32 Å². The molecule has 3 aromatic rings. The number of nitrogens with one attached hydrogen (secondary N) is 1. The lowest BCUT2D eigenvalue weighted by Crippen LogP contribution is -2.30. The maximum absolute atomic E-state index is 12.5. The van der Waals surface area contributed by atoms with Gasteiger partial charge in [-0.2, -0.15) is 18.4 Å². The lowest BCUT2D eigenvalue weighted by molar-refractivity contribution is -0.192. The fourth-order valence-electron chi connectivity index (χ4n) is 4.09. The highest BCUT2D eigenvalue weighted by Gasteiger charge is 2.38. The molecule has 4 rings (SSSR count). The van der Waals surface area contributed by atoms with E-state index in [1.54, 1.807) is 24.3 Å². The molecular weight excluding hydrogens is 545 g/mol. The number of nitriles is 1. The Hall–Kier alpha value is -3.91. The van der Waals surface area contributed by atoms with Gasteiger partial charge in [0.2, 0.25) is 0 Å². The second-order valence-corrected chi connectivity index (χ2v) is 9.62. The zero-order valence-electron chi connectivity index (χ0n) is 21.5. The van der Waals surface area contributed by atoms with Crippen LogP contribution in [-0.2, 0) is 17.9 Å². The molecule has 0 aliphatic carbocycles. The van der Waals surface area contributed by atoms with Gasteiger partial charge in [0, 0.05) is 42.5 Å². The molecule has 11 heteroatoms. The number of halogens is 4. The van der Waals surface area contributed by atoms with Crippen molar-refractivity contribution in [3.05, 3.63) is 100 Å². The first-order valence-corrected chi connectivity index (χ1v) is 12.8. The molecule has 2 N–H and O–H groups in total. The molecule has 0 unspecified atom stereocenters. The monoisotopic (exact) mass is 572 g/mol. The van der Waals surface area contributed by atoms with Crippen molar-refractivity contribution in [2.45, 2.75) is 25.7 Å². The van der Waals surface area contributed by atoms with Crippen molar-refractivity contribution in [1.29, 1.82) is 5.26 Å². The Morgan fingerprint density at radius 1 is 0.900 bits per heavy atom. The fourth-order valence-corrected chi connectivity index (χ4v) is 4.22. The summed E-state index contributed by atoms with van der Waals surface area (Å²) in [7, 11) is 0. The van der Waals surface area contributed by atoms with Gasteiger partial charge in [-0.3, -0.25) is 14.6 Å².